The van der Waals surface area contributed by atoms with Crippen LogP contribution in [-0.4, -0.2) is 17.7 Å². The van der Waals surface area contributed by atoms with Gasteiger partial charge in [0.05, 0.1) is 11.3 Å². The van der Waals surface area contributed by atoms with E-state index in [4.69, 9.17) is 11.6 Å². The molecule has 0 spiro atoms. The van der Waals surface area contributed by atoms with Gasteiger partial charge >= 0.3 is 0 Å². The van der Waals surface area contributed by atoms with Gasteiger partial charge in [-0.25, -0.2) is 9.29 Å². The molecule has 0 unspecified atom stereocenters. The highest BCUT2D eigenvalue weighted by Gasteiger charge is 2.40. The van der Waals surface area contributed by atoms with Crippen molar-refractivity contribution in [1.82, 2.24) is 0 Å². The first-order valence-corrected chi connectivity index (χ1v) is 10.4. The summed E-state index contributed by atoms with van der Waals surface area (Å²) < 4.78 is 13.9. The van der Waals surface area contributed by atoms with Crippen LogP contribution in [0.4, 0.5) is 21.5 Å². The first kappa shape index (κ1) is 22.2. The molecule has 1 aliphatic rings. The Morgan fingerprint density at radius 3 is 2.33 bits per heavy atom. The van der Waals surface area contributed by atoms with E-state index in [9.17, 15) is 18.8 Å². The molecule has 0 fully saturated rings. The number of halogens is 2. The molecule has 4 rings (SSSR count). The van der Waals surface area contributed by atoms with Crippen molar-refractivity contribution in [2.75, 3.05) is 15.5 Å². The maximum Gasteiger partial charge on any atom is 0.282 e. The first-order chi connectivity index (χ1) is 15.7. The number of aryl methyl sites for hydroxylation is 1. The zero-order chi connectivity index (χ0) is 23.7. The van der Waals surface area contributed by atoms with Crippen LogP contribution in [0.2, 0.25) is 5.02 Å². The van der Waals surface area contributed by atoms with E-state index in [1.807, 2.05) is 6.92 Å². The number of benzene rings is 3. The third-order valence-corrected chi connectivity index (χ3v) is 5.33. The number of rotatable bonds is 5. The smallest absolute Gasteiger partial charge is 0.282 e. The second kappa shape index (κ2) is 8.88. The molecule has 0 radical (unpaired) electrons. The highest BCUT2D eigenvalue weighted by atomic mass is 35.5. The van der Waals surface area contributed by atoms with Gasteiger partial charge in [-0.05, 0) is 66.6 Å². The van der Waals surface area contributed by atoms with Gasteiger partial charge in [0.1, 0.15) is 11.5 Å². The van der Waals surface area contributed by atoms with Crippen molar-refractivity contribution in [2.24, 2.45) is 0 Å². The van der Waals surface area contributed by atoms with E-state index in [0.717, 1.165) is 16.5 Å². The standard InChI is InChI=1S/C25H19ClFN3O3/c1-14-12-17(26)8-11-21(14)29-23-22(16-6-9-19(10-7-16)28-15(2)31)24(32)30(25(23)33)20-5-3-4-18(27)13-20/h3-13,29H,1-2H3,(H,28,31). The molecule has 0 saturated heterocycles. The summed E-state index contributed by atoms with van der Waals surface area (Å²) in [6.45, 7) is 3.21. The van der Waals surface area contributed by atoms with Crippen LogP contribution in [0.3, 0.4) is 0 Å². The van der Waals surface area contributed by atoms with Crippen LogP contribution in [-0.2, 0) is 14.4 Å². The average molecular weight is 464 g/mol. The number of nitrogens with one attached hydrogen (secondary N) is 2. The SMILES string of the molecule is CC(=O)Nc1ccc(C2=C(Nc3ccc(Cl)cc3C)C(=O)N(c3cccc(F)c3)C2=O)cc1. The van der Waals surface area contributed by atoms with Gasteiger partial charge in [0, 0.05) is 23.3 Å². The molecule has 6 nitrogen and oxygen atoms in total. The Hall–Kier alpha value is -3.97. The lowest BCUT2D eigenvalue weighted by Crippen LogP contribution is -2.32. The van der Waals surface area contributed by atoms with E-state index in [1.54, 1.807) is 42.5 Å². The van der Waals surface area contributed by atoms with Gasteiger partial charge in [0.15, 0.2) is 0 Å². The molecule has 1 heterocycles. The second-order valence-corrected chi connectivity index (χ2v) is 7.95. The van der Waals surface area contributed by atoms with Crippen molar-refractivity contribution in [3.63, 3.8) is 0 Å². The fourth-order valence-electron chi connectivity index (χ4n) is 3.59. The third kappa shape index (κ3) is 4.49. The highest BCUT2D eigenvalue weighted by molar-refractivity contribution is 6.46. The Bertz CT molecular complexity index is 1320. The molecule has 0 atom stereocenters. The molecule has 2 N–H and O–H groups in total. The van der Waals surface area contributed by atoms with Crippen molar-refractivity contribution in [2.45, 2.75) is 13.8 Å². The number of hydrogen-bond donors (Lipinski definition) is 2. The van der Waals surface area contributed by atoms with E-state index in [-0.39, 0.29) is 22.9 Å². The van der Waals surface area contributed by atoms with Crippen molar-refractivity contribution >= 4 is 52.0 Å². The molecule has 166 valence electrons. The molecule has 33 heavy (non-hydrogen) atoms. The number of amides is 3. The summed E-state index contributed by atoms with van der Waals surface area (Å²) in [6.07, 6.45) is 0. The minimum absolute atomic E-state index is 0.0574. The van der Waals surface area contributed by atoms with Gasteiger partial charge in [-0.2, -0.15) is 0 Å². The predicted octanol–water partition coefficient (Wildman–Crippen LogP) is 5.14. The summed E-state index contributed by atoms with van der Waals surface area (Å²) >= 11 is 6.04. The van der Waals surface area contributed by atoms with E-state index in [0.29, 0.717) is 22.0 Å². The summed E-state index contributed by atoms with van der Waals surface area (Å²) in [4.78, 5) is 39.1. The summed E-state index contributed by atoms with van der Waals surface area (Å²) in [7, 11) is 0. The number of imide groups is 1. The van der Waals surface area contributed by atoms with Crippen molar-refractivity contribution in [3.8, 4) is 0 Å². The molecule has 3 aromatic rings. The van der Waals surface area contributed by atoms with Crippen molar-refractivity contribution in [3.05, 3.63) is 94.4 Å². The second-order valence-electron chi connectivity index (χ2n) is 7.52. The number of carbonyl (C=O) groups excluding carboxylic acids is 3. The molecule has 3 amide bonds. The predicted molar refractivity (Wildman–Crippen MR) is 126 cm³/mol. The minimum Gasteiger partial charge on any atom is -0.350 e. The fourth-order valence-corrected chi connectivity index (χ4v) is 3.82. The van der Waals surface area contributed by atoms with Crippen LogP contribution < -0.4 is 15.5 Å². The Morgan fingerprint density at radius 1 is 0.970 bits per heavy atom. The van der Waals surface area contributed by atoms with Gasteiger partial charge in [0.25, 0.3) is 11.8 Å². The Kier molecular flexibility index (Phi) is 5.98. The summed E-state index contributed by atoms with van der Waals surface area (Å²) in [5.74, 6) is -2.00. The molecular formula is C25H19ClFN3O3. The van der Waals surface area contributed by atoms with Gasteiger partial charge < -0.3 is 10.6 Å². The highest BCUT2D eigenvalue weighted by Crippen LogP contribution is 2.35. The fraction of sp³-hybridized carbons (Fsp3) is 0.0800. The maximum absolute atomic E-state index is 13.9. The molecule has 0 saturated carbocycles. The molecule has 0 aliphatic carbocycles. The minimum atomic E-state index is -0.610. The Balaban J connectivity index is 1.81. The molecule has 8 heteroatoms. The molecule has 0 aromatic heterocycles. The number of hydrogen-bond acceptors (Lipinski definition) is 4. The summed E-state index contributed by atoms with van der Waals surface area (Å²) in [6, 6.07) is 17.0. The number of nitrogens with zero attached hydrogens (tertiary/aromatic N) is 1. The van der Waals surface area contributed by atoms with Crippen LogP contribution in [0.15, 0.2) is 72.4 Å². The van der Waals surface area contributed by atoms with E-state index >= 15 is 0 Å². The normalized spacial score (nSPS) is 13.5. The van der Waals surface area contributed by atoms with Crippen molar-refractivity contribution in [1.29, 1.82) is 0 Å². The zero-order valence-corrected chi connectivity index (χ0v) is 18.5. The lowest BCUT2D eigenvalue weighted by Gasteiger charge is -2.16. The average Bonchev–Trinajstić information content (AvgIpc) is 3.00. The lowest BCUT2D eigenvalue weighted by atomic mass is 10.0. The maximum atomic E-state index is 13.9. The molecule has 0 bridgehead atoms. The first-order valence-electron chi connectivity index (χ1n) is 10.0. The van der Waals surface area contributed by atoms with Gasteiger partial charge in [-0.15, -0.1) is 0 Å². The van der Waals surface area contributed by atoms with E-state index in [1.165, 1.54) is 25.1 Å². The quantitative estimate of drug-likeness (QED) is 0.513. The summed E-state index contributed by atoms with van der Waals surface area (Å²) in [5.41, 5.74) is 2.71. The van der Waals surface area contributed by atoms with Gasteiger partial charge in [0.2, 0.25) is 5.91 Å². The van der Waals surface area contributed by atoms with Crippen LogP contribution in [0, 0.1) is 12.7 Å². The Labute approximate surface area is 194 Å². The van der Waals surface area contributed by atoms with E-state index < -0.39 is 17.6 Å². The topological polar surface area (TPSA) is 78.5 Å². The summed E-state index contributed by atoms with van der Waals surface area (Å²) in [5, 5.41) is 6.27. The number of anilines is 3. The molecular weight excluding hydrogens is 445 g/mol. The van der Waals surface area contributed by atoms with Gasteiger partial charge in [-0.3, -0.25) is 14.4 Å². The van der Waals surface area contributed by atoms with E-state index in [2.05, 4.69) is 10.6 Å². The van der Waals surface area contributed by atoms with Crippen LogP contribution in [0.1, 0.15) is 18.1 Å². The number of carbonyl (C=O) groups is 3. The molecule has 1 aliphatic heterocycles. The van der Waals surface area contributed by atoms with Crippen LogP contribution >= 0.6 is 11.6 Å². The van der Waals surface area contributed by atoms with Crippen LogP contribution in [0.5, 0.6) is 0 Å². The third-order valence-electron chi connectivity index (χ3n) is 5.09. The molecule has 3 aromatic carbocycles. The van der Waals surface area contributed by atoms with Crippen molar-refractivity contribution < 1.29 is 18.8 Å². The monoisotopic (exact) mass is 463 g/mol. The largest absolute Gasteiger partial charge is 0.350 e. The zero-order valence-electron chi connectivity index (χ0n) is 17.8. The Morgan fingerprint density at radius 2 is 1.70 bits per heavy atom. The van der Waals surface area contributed by atoms with Crippen LogP contribution in [0.25, 0.3) is 5.57 Å². The lowest BCUT2D eigenvalue weighted by molar-refractivity contribution is -0.120. The van der Waals surface area contributed by atoms with Gasteiger partial charge in [-0.1, -0.05) is 29.8 Å².